The van der Waals surface area contributed by atoms with Crippen LogP contribution in [0.2, 0.25) is 0 Å². The van der Waals surface area contributed by atoms with Crippen molar-refractivity contribution >= 4 is 15.5 Å². The minimum Gasteiger partial charge on any atom is -0.380 e. The Morgan fingerprint density at radius 2 is 1.62 bits per heavy atom. The molecule has 21 heavy (non-hydrogen) atoms. The molecule has 2 rings (SSSR count). The Labute approximate surface area is 121 Å². The molecule has 0 radical (unpaired) electrons. The van der Waals surface area contributed by atoms with E-state index in [9.17, 15) is 26.7 Å². The van der Waals surface area contributed by atoms with E-state index in [0.717, 1.165) is 6.26 Å². The summed E-state index contributed by atoms with van der Waals surface area (Å²) in [4.78, 5) is 1.86. The molecule has 0 aromatic heterocycles. The van der Waals surface area contributed by atoms with Crippen molar-refractivity contribution in [2.24, 2.45) is 0 Å². The van der Waals surface area contributed by atoms with Gasteiger partial charge in [0.05, 0.1) is 4.90 Å². The fraction of sp³-hybridized carbons (Fsp3) is 0.538. The van der Waals surface area contributed by atoms with E-state index in [1.165, 1.54) is 12.1 Å². The number of sulfone groups is 1. The minimum atomic E-state index is -4.63. The summed E-state index contributed by atoms with van der Waals surface area (Å²) in [5.41, 5.74) is -1.98. The van der Waals surface area contributed by atoms with Gasteiger partial charge >= 0.3 is 6.18 Å². The average molecular weight is 323 g/mol. The van der Waals surface area contributed by atoms with Gasteiger partial charge in [0.15, 0.2) is 15.4 Å². The van der Waals surface area contributed by atoms with Crippen molar-refractivity contribution < 1.29 is 26.7 Å². The standard InChI is InChI=1S/C13H16F3NO3S/c1-21(19,20)11-4-2-10(3-5-11)17-8-6-12(18,7-9-17)13(14,15)16/h2-5,18H,6-9H2,1H3. The molecule has 1 aliphatic rings. The van der Waals surface area contributed by atoms with Gasteiger partial charge in [-0.15, -0.1) is 0 Å². The van der Waals surface area contributed by atoms with Crippen molar-refractivity contribution in [2.75, 3.05) is 24.2 Å². The molecule has 118 valence electrons. The van der Waals surface area contributed by atoms with Crippen LogP contribution in [0, 0.1) is 0 Å². The van der Waals surface area contributed by atoms with E-state index in [-0.39, 0.29) is 18.0 Å². The number of halogens is 3. The van der Waals surface area contributed by atoms with Crippen LogP contribution in [0.25, 0.3) is 0 Å². The summed E-state index contributed by atoms with van der Waals surface area (Å²) < 4.78 is 60.8. The molecule has 1 heterocycles. The van der Waals surface area contributed by atoms with Crippen molar-refractivity contribution in [3.8, 4) is 0 Å². The lowest BCUT2D eigenvalue weighted by Gasteiger charge is -2.40. The second-order valence-electron chi connectivity index (χ2n) is 5.28. The highest BCUT2D eigenvalue weighted by Crippen LogP contribution is 2.39. The van der Waals surface area contributed by atoms with E-state index in [4.69, 9.17) is 0 Å². The molecule has 0 atom stereocenters. The fourth-order valence-electron chi connectivity index (χ4n) is 2.32. The van der Waals surface area contributed by atoms with Crippen LogP contribution in [0.15, 0.2) is 29.2 Å². The van der Waals surface area contributed by atoms with Crippen LogP contribution in [0.5, 0.6) is 0 Å². The number of benzene rings is 1. The predicted molar refractivity (Wildman–Crippen MR) is 72.0 cm³/mol. The lowest BCUT2D eigenvalue weighted by atomic mass is 9.90. The summed E-state index contributed by atoms with van der Waals surface area (Å²) in [6.07, 6.45) is -4.33. The number of piperidine rings is 1. The molecule has 0 aliphatic carbocycles. The summed E-state index contributed by atoms with van der Waals surface area (Å²) in [5.74, 6) is 0. The van der Waals surface area contributed by atoms with Gasteiger partial charge in [-0.2, -0.15) is 13.2 Å². The summed E-state index contributed by atoms with van der Waals surface area (Å²) in [6, 6.07) is 5.98. The van der Waals surface area contributed by atoms with Gasteiger partial charge in [0.25, 0.3) is 0 Å². The summed E-state index contributed by atoms with van der Waals surface area (Å²) >= 11 is 0. The highest BCUT2D eigenvalue weighted by molar-refractivity contribution is 7.90. The molecule has 0 saturated carbocycles. The van der Waals surface area contributed by atoms with Crippen LogP contribution in [-0.2, 0) is 9.84 Å². The molecular formula is C13H16F3NO3S. The molecular weight excluding hydrogens is 307 g/mol. The maximum absolute atomic E-state index is 12.7. The lowest BCUT2D eigenvalue weighted by Crippen LogP contribution is -2.53. The first-order valence-corrected chi connectivity index (χ1v) is 8.26. The zero-order valence-corrected chi connectivity index (χ0v) is 12.2. The van der Waals surface area contributed by atoms with Gasteiger partial charge in [-0.1, -0.05) is 0 Å². The average Bonchev–Trinajstić information content (AvgIpc) is 2.37. The molecule has 1 aromatic rings. The number of hydrogen-bond acceptors (Lipinski definition) is 4. The second kappa shape index (κ2) is 5.17. The Hall–Kier alpha value is -1.28. The highest BCUT2D eigenvalue weighted by atomic mass is 32.2. The van der Waals surface area contributed by atoms with Crippen LogP contribution in [-0.4, -0.2) is 44.6 Å². The molecule has 8 heteroatoms. The Kier molecular flexibility index (Phi) is 3.96. The third-order valence-corrected chi connectivity index (χ3v) is 4.88. The number of aliphatic hydroxyl groups is 1. The number of rotatable bonds is 2. The van der Waals surface area contributed by atoms with Gasteiger partial charge in [0.2, 0.25) is 0 Å². The van der Waals surface area contributed by atoms with E-state index >= 15 is 0 Å². The first-order chi connectivity index (χ1) is 9.53. The minimum absolute atomic E-state index is 0.0637. The maximum atomic E-state index is 12.7. The first kappa shape index (κ1) is 16.1. The van der Waals surface area contributed by atoms with E-state index in [2.05, 4.69) is 0 Å². The van der Waals surface area contributed by atoms with Gasteiger partial charge in [-0.3, -0.25) is 0 Å². The molecule has 1 saturated heterocycles. The largest absolute Gasteiger partial charge is 0.417 e. The number of anilines is 1. The lowest BCUT2D eigenvalue weighted by molar-refractivity contribution is -0.266. The number of nitrogens with zero attached hydrogens (tertiary/aromatic N) is 1. The number of alkyl halides is 3. The van der Waals surface area contributed by atoms with Crippen molar-refractivity contribution in [1.29, 1.82) is 0 Å². The first-order valence-electron chi connectivity index (χ1n) is 6.37. The molecule has 1 N–H and O–H groups in total. The predicted octanol–water partition coefficient (Wildman–Crippen LogP) is 1.98. The van der Waals surface area contributed by atoms with Crippen molar-refractivity contribution in [3.05, 3.63) is 24.3 Å². The topological polar surface area (TPSA) is 57.6 Å². The molecule has 0 amide bonds. The van der Waals surface area contributed by atoms with Crippen molar-refractivity contribution in [1.82, 2.24) is 0 Å². The fourth-order valence-corrected chi connectivity index (χ4v) is 2.95. The van der Waals surface area contributed by atoms with Crippen LogP contribution in [0.4, 0.5) is 18.9 Å². The molecule has 0 spiro atoms. The van der Waals surface area contributed by atoms with E-state index in [1.807, 2.05) is 0 Å². The Morgan fingerprint density at radius 3 is 2.00 bits per heavy atom. The molecule has 1 fully saturated rings. The summed E-state index contributed by atoms with van der Waals surface area (Å²) in [5, 5.41) is 9.59. The van der Waals surface area contributed by atoms with Crippen molar-refractivity contribution in [2.45, 2.75) is 29.5 Å². The van der Waals surface area contributed by atoms with Crippen LogP contribution in [0.1, 0.15) is 12.8 Å². The van der Waals surface area contributed by atoms with Gasteiger partial charge in [-0.05, 0) is 24.3 Å². The van der Waals surface area contributed by atoms with Gasteiger partial charge in [0, 0.05) is 37.9 Å². The Balaban J connectivity index is 2.10. The molecule has 1 aromatic carbocycles. The number of hydrogen-bond donors (Lipinski definition) is 1. The zero-order valence-electron chi connectivity index (χ0n) is 11.4. The normalized spacial score (nSPS) is 19.6. The molecule has 4 nitrogen and oxygen atoms in total. The molecule has 0 unspecified atom stereocenters. The second-order valence-corrected chi connectivity index (χ2v) is 7.30. The van der Waals surface area contributed by atoms with Crippen LogP contribution >= 0.6 is 0 Å². The summed E-state index contributed by atoms with van der Waals surface area (Å²) in [7, 11) is -3.30. The quantitative estimate of drug-likeness (QED) is 0.904. The molecule has 0 bridgehead atoms. The van der Waals surface area contributed by atoms with Crippen LogP contribution in [0.3, 0.4) is 0 Å². The van der Waals surface area contributed by atoms with E-state index in [1.54, 1.807) is 17.0 Å². The van der Waals surface area contributed by atoms with Gasteiger partial charge in [0.1, 0.15) is 0 Å². The maximum Gasteiger partial charge on any atom is 0.417 e. The SMILES string of the molecule is CS(=O)(=O)c1ccc(N2CCC(O)(C(F)(F)F)CC2)cc1. The van der Waals surface area contributed by atoms with Crippen LogP contribution < -0.4 is 4.90 Å². The third kappa shape index (κ3) is 3.32. The van der Waals surface area contributed by atoms with Gasteiger partial charge < -0.3 is 10.0 Å². The summed E-state index contributed by atoms with van der Waals surface area (Å²) in [6.45, 7) is 0.127. The Bertz CT molecular complexity index is 603. The monoisotopic (exact) mass is 323 g/mol. The van der Waals surface area contributed by atoms with E-state index in [0.29, 0.717) is 5.69 Å². The van der Waals surface area contributed by atoms with Crippen molar-refractivity contribution in [3.63, 3.8) is 0 Å². The molecule has 1 aliphatic heterocycles. The van der Waals surface area contributed by atoms with Gasteiger partial charge in [-0.25, -0.2) is 8.42 Å². The Morgan fingerprint density at radius 1 is 1.14 bits per heavy atom. The zero-order chi connectivity index (χ0) is 15.9. The van der Waals surface area contributed by atoms with E-state index < -0.39 is 34.5 Å². The smallest absolute Gasteiger partial charge is 0.380 e. The highest BCUT2D eigenvalue weighted by Gasteiger charge is 2.54. The third-order valence-electron chi connectivity index (χ3n) is 3.75.